The number of hydrogen-bond donors (Lipinski definition) is 3. The molecule has 1 unspecified atom stereocenters. The summed E-state index contributed by atoms with van der Waals surface area (Å²) in [5.41, 5.74) is 6.66. The number of pyridine rings is 1. The van der Waals surface area contributed by atoms with Crippen LogP contribution in [0.5, 0.6) is 0 Å². The van der Waals surface area contributed by atoms with Gasteiger partial charge in [-0.2, -0.15) is 0 Å². The predicted molar refractivity (Wildman–Crippen MR) is 61.7 cm³/mol. The van der Waals surface area contributed by atoms with Gasteiger partial charge in [0.1, 0.15) is 5.69 Å². The minimum Gasteiger partial charge on any atom is -0.409 e. The fraction of sp³-hybridized carbons (Fsp3) is 0.400. The van der Waals surface area contributed by atoms with Gasteiger partial charge in [0.15, 0.2) is 5.84 Å². The molecule has 6 nitrogen and oxygen atoms in total. The second-order valence-corrected chi connectivity index (χ2v) is 3.53. The van der Waals surface area contributed by atoms with Gasteiger partial charge in [-0.15, -0.1) is 0 Å². The summed E-state index contributed by atoms with van der Waals surface area (Å²) in [5.74, 6) is -0.0237. The molecule has 1 atom stereocenters. The van der Waals surface area contributed by atoms with Crippen LogP contribution >= 0.6 is 0 Å². The van der Waals surface area contributed by atoms with Crippen molar-refractivity contribution in [2.24, 2.45) is 10.9 Å². The number of oxime groups is 1. The molecule has 16 heavy (non-hydrogen) atoms. The second-order valence-electron chi connectivity index (χ2n) is 3.53. The Morgan fingerprint density at radius 3 is 2.75 bits per heavy atom. The Kier molecular flexibility index (Phi) is 4.07. The van der Waals surface area contributed by atoms with Gasteiger partial charge < -0.3 is 20.9 Å². The SMILES string of the molecule is CC(CO)N(C)c1ccc(/C(N)=N/O)nc1. The van der Waals surface area contributed by atoms with Gasteiger partial charge in [-0.1, -0.05) is 5.16 Å². The molecular formula is C10H16N4O2. The molecule has 0 radical (unpaired) electrons. The van der Waals surface area contributed by atoms with Gasteiger partial charge in [-0.3, -0.25) is 4.98 Å². The third-order valence-corrected chi connectivity index (χ3v) is 2.45. The fourth-order valence-corrected chi connectivity index (χ4v) is 1.17. The van der Waals surface area contributed by atoms with Crippen LogP contribution in [0.15, 0.2) is 23.5 Å². The lowest BCUT2D eigenvalue weighted by Crippen LogP contribution is -2.31. The first-order chi connectivity index (χ1) is 7.60. The summed E-state index contributed by atoms with van der Waals surface area (Å²) in [6.07, 6.45) is 1.61. The summed E-state index contributed by atoms with van der Waals surface area (Å²) in [4.78, 5) is 5.94. The Morgan fingerprint density at radius 2 is 2.31 bits per heavy atom. The normalized spacial score (nSPS) is 13.6. The molecule has 0 bridgehead atoms. The zero-order valence-electron chi connectivity index (χ0n) is 9.33. The van der Waals surface area contributed by atoms with E-state index in [4.69, 9.17) is 16.0 Å². The smallest absolute Gasteiger partial charge is 0.188 e. The summed E-state index contributed by atoms with van der Waals surface area (Å²) in [5, 5.41) is 20.3. The van der Waals surface area contributed by atoms with E-state index in [1.54, 1.807) is 18.3 Å². The van der Waals surface area contributed by atoms with Crippen molar-refractivity contribution in [3.8, 4) is 0 Å². The van der Waals surface area contributed by atoms with Crippen LogP contribution in [0, 0.1) is 0 Å². The average molecular weight is 224 g/mol. The van der Waals surface area contributed by atoms with Crippen LogP contribution in [0.2, 0.25) is 0 Å². The summed E-state index contributed by atoms with van der Waals surface area (Å²) >= 11 is 0. The molecule has 0 spiro atoms. The molecule has 1 aromatic rings. The van der Waals surface area contributed by atoms with E-state index in [-0.39, 0.29) is 18.5 Å². The highest BCUT2D eigenvalue weighted by Gasteiger charge is 2.09. The lowest BCUT2D eigenvalue weighted by atomic mass is 10.2. The third-order valence-electron chi connectivity index (χ3n) is 2.45. The number of nitrogens with zero attached hydrogens (tertiary/aromatic N) is 3. The molecule has 0 fully saturated rings. The number of nitrogens with two attached hydrogens (primary N) is 1. The van der Waals surface area contributed by atoms with Crippen molar-refractivity contribution in [1.29, 1.82) is 0 Å². The van der Waals surface area contributed by atoms with E-state index in [9.17, 15) is 0 Å². The third kappa shape index (κ3) is 2.60. The molecule has 1 heterocycles. The topological polar surface area (TPSA) is 95.0 Å². The van der Waals surface area contributed by atoms with Gasteiger partial charge in [0.2, 0.25) is 0 Å². The maximum absolute atomic E-state index is 9.01. The van der Waals surface area contributed by atoms with Crippen molar-refractivity contribution >= 4 is 11.5 Å². The van der Waals surface area contributed by atoms with E-state index in [2.05, 4.69) is 10.1 Å². The van der Waals surface area contributed by atoms with Crippen LogP contribution in [0.25, 0.3) is 0 Å². The highest BCUT2D eigenvalue weighted by Crippen LogP contribution is 2.13. The second kappa shape index (κ2) is 5.32. The van der Waals surface area contributed by atoms with Crippen molar-refractivity contribution in [1.82, 2.24) is 4.98 Å². The molecule has 0 saturated carbocycles. The standard InChI is InChI=1S/C10H16N4O2/c1-7(6-15)14(2)8-3-4-9(12-5-8)10(11)13-16/h3-5,7,15-16H,6H2,1-2H3,(H2,11,13). The minimum absolute atomic E-state index is 0.0107. The van der Waals surface area contributed by atoms with E-state index >= 15 is 0 Å². The number of aliphatic hydroxyl groups excluding tert-OH is 1. The molecule has 6 heteroatoms. The number of aromatic nitrogens is 1. The number of rotatable bonds is 4. The largest absolute Gasteiger partial charge is 0.409 e. The molecule has 0 aliphatic carbocycles. The summed E-state index contributed by atoms with van der Waals surface area (Å²) in [6, 6.07) is 3.47. The summed E-state index contributed by atoms with van der Waals surface area (Å²) < 4.78 is 0. The highest BCUT2D eigenvalue weighted by molar-refractivity contribution is 5.95. The molecule has 4 N–H and O–H groups in total. The van der Waals surface area contributed by atoms with Gasteiger partial charge >= 0.3 is 0 Å². The molecule has 0 saturated heterocycles. The summed E-state index contributed by atoms with van der Waals surface area (Å²) in [6.45, 7) is 1.97. The van der Waals surface area contributed by atoms with E-state index in [1.807, 2.05) is 18.9 Å². The van der Waals surface area contributed by atoms with Crippen molar-refractivity contribution in [2.45, 2.75) is 13.0 Å². The van der Waals surface area contributed by atoms with E-state index in [0.717, 1.165) is 5.69 Å². The lowest BCUT2D eigenvalue weighted by Gasteiger charge is -2.24. The maximum atomic E-state index is 9.01. The zero-order chi connectivity index (χ0) is 12.1. The molecule has 0 aromatic carbocycles. The minimum atomic E-state index is -0.0237. The molecule has 0 amide bonds. The molecule has 1 aromatic heterocycles. The van der Waals surface area contributed by atoms with Gasteiger partial charge in [-0.25, -0.2) is 0 Å². The van der Waals surface area contributed by atoms with Crippen LogP contribution in [-0.2, 0) is 0 Å². The monoisotopic (exact) mass is 224 g/mol. The number of hydrogen-bond acceptors (Lipinski definition) is 5. The lowest BCUT2D eigenvalue weighted by molar-refractivity contribution is 0.270. The quantitative estimate of drug-likeness (QED) is 0.289. The van der Waals surface area contributed by atoms with Crippen molar-refractivity contribution in [2.75, 3.05) is 18.6 Å². The van der Waals surface area contributed by atoms with Gasteiger partial charge in [0, 0.05) is 13.1 Å². The van der Waals surface area contributed by atoms with Crippen LogP contribution in [0.3, 0.4) is 0 Å². The van der Waals surface area contributed by atoms with Crippen LogP contribution < -0.4 is 10.6 Å². The van der Waals surface area contributed by atoms with Crippen molar-refractivity contribution < 1.29 is 10.3 Å². The number of aliphatic hydroxyl groups is 1. The fourth-order valence-electron chi connectivity index (χ4n) is 1.17. The Labute approximate surface area is 94.0 Å². The van der Waals surface area contributed by atoms with Gasteiger partial charge in [0.05, 0.1) is 18.5 Å². The van der Waals surface area contributed by atoms with Crippen LogP contribution in [-0.4, -0.2) is 40.8 Å². The maximum Gasteiger partial charge on any atom is 0.188 e. The van der Waals surface area contributed by atoms with Crippen molar-refractivity contribution in [3.05, 3.63) is 24.0 Å². The van der Waals surface area contributed by atoms with E-state index in [1.165, 1.54) is 0 Å². The molecule has 1 rings (SSSR count). The van der Waals surface area contributed by atoms with Crippen molar-refractivity contribution in [3.63, 3.8) is 0 Å². The van der Waals surface area contributed by atoms with Gasteiger partial charge in [0.25, 0.3) is 0 Å². The van der Waals surface area contributed by atoms with Crippen LogP contribution in [0.1, 0.15) is 12.6 Å². The first kappa shape index (κ1) is 12.3. The molecule has 0 aliphatic rings. The predicted octanol–water partition coefficient (Wildman–Crippen LogP) is -0.00690. The van der Waals surface area contributed by atoms with Crippen LogP contribution in [0.4, 0.5) is 5.69 Å². The Morgan fingerprint density at radius 1 is 1.62 bits per heavy atom. The van der Waals surface area contributed by atoms with E-state index in [0.29, 0.717) is 5.69 Å². The number of anilines is 1. The Bertz CT molecular complexity index is 364. The number of amidine groups is 1. The van der Waals surface area contributed by atoms with E-state index < -0.39 is 0 Å². The first-order valence-electron chi connectivity index (χ1n) is 4.87. The Balaban J connectivity index is 2.86. The average Bonchev–Trinajstić information content (AvgIpc) is 2.36. The molecule has 88 valence electrons. The molecule has 0 aliphatic heterocycles. The molecular weight excluding hydrogens is 208 g/mol. The highest BCUT2D eigenvalue weighted by atomic mass is 16.4. The number of likely N-dealkylation sites (N-methyl/N-ethyl adjacent to an activating group) is 1. The first-order valence-corrected chi connectivity index (χ1v) is 4.87. The zero-order valence-corrected chi connectivity index (χ0v) is 9.33. The van der Waals surface area contributed by atoms with Gasteiger partial charge in [-0.05, 0) is 19.1 Å². The Hall–Kier alpha value is -1.82. The summed E-state index contributed by atoms with van der Waals surface area (Å²) in [7, 11) is 1.86.